The van der Waals surface area contributed by atoms with Gasteiger partial charge in [0.1, 0.15) is 17.6 Å². The molecule has 0 aromatic carbocycles. The molecule has 2 aromatic rings. The van der Waals surface area contributed by atoms with Crippen LogP contribution in [0.1, 0.15) is 30.4 Å². The highest BCUT2D eigenvalue weighted by atomic mass is 35.5. The van der Waals surface area contributed by atoms with E-state index in [9.17, 15) is 0 Å². The van der Waals surface area contributed by atoms with Crippen molar-refractivity contribution in [3.63, 3.8) is 0 Å². The molecular formula is C14H20ClN5O. The Morgan fingerprint density at radius 1 is 1.38 bits per heavy atom. The van der Waals surface area contributed by atoms with E-state index in [0.29, 0.717) is 24.2 Å². The molecule has 0 aliphatic heterocycles. The third-order valence-corrected chi connectivity index (χ3v) is 3.23. The largest absolute Gasteiger partial charge is 0.374 e. The molecule has 2 rings (SSSR count). The van der Waals surface area contributed by atoms with Gasteiger partial charge in [0.05, 0.1) is 6.20 Å². The van der Waals surface area contributed by atoms with Crippen molar-refractivity contribution < 1.29 is 4.74 Å². The number of aromatic amines is 1. The number of halogens is 1. The molecule has 7 heteroatoms. The first-order chi connectivity index (χ1) is 10.2. The fourth-order valence-corrected chi connectivity index (χ4v) is 2.14. The average Bonchev–Trinajstić information content (AvgIpc) is 2.86. The third kappa shape index (κ3) is 4.99. The minimum Gasteiger partial charge on any atom is -0.374 e. The number of H-pyrrole nitrogens is 1. The van der Waals surface area contributed by atoms with E-state index in [1.54, 1.807) is 6.07 Å². The summed E-state index contributed by atoms with van der Waals surface area (Å²) in [6, 6.07) is 1.72. The van der Waals surface area contributed by atoms with Gasteiger partial charge >= 0.3 is 0 Å². The molecule has 2 heterocycles. The maximum atomic E-state index is 5.98. The van der Waals surface area contributed by atoms with Gasteiger partial charge in [-0.15, -0.1) is 0 Å². The monoisotopic (exact) mass is 309 g/mol. The Kier molecular flexibility index (Phi) is 5.95. The summed E-state index contributed by atoms with van der Waals surface area (Å²) in [5.41, 5.74) is 2.37. The first-order valence-corrected chi connectivity index (χ1v) is 7.40. The zero-order chi connectivity index (χ0) is 15.1. The number of hydrogen-bond donors (Lipinski definition) is 2. The van der Waals surface area contributed by atoms with E-state index < -0.39 is 0 Å². The summed E-state index contributed by atoms with van der Waals surface area (Å²) in [6.45, 7) is 5.77. The van der Waals surface area contributed by atoms with Gasteiger partial charge in [-0.3, -0.25) is 5.10 Å². The Hall–Kier alpha value is -1.66. The van der Waals surface area contributed by atoms with Crippen LogP contribution in [0.15, 0.2) is 12.3 Å². The van der Waals surface area contributed by atoms with Crippen molar-refractivity contribution >= 4 is 17.4 Å². The standard InChI is InChI=1S/C14H20ClN5O/c1-3-21-9-14-18-12(15)7-13(19-14)16-6-4-5-11-8-17-20-10(11)2/h7-8H,3-6,9H2,1-2H3,(H,17,20)(H,16,18,19). The summed E-state index contributed by atoms with van der Waals surface area (Å²) in [7, 11) is 0. The van der Waals surface area contributed by atoms with Crippen molar-refractivity contribution in [2.45, 2.75) is 33.3 Å². The number of nitrogens with one attached hydrogen (secondary N) is 2. The second kappa shape index (κ2) is 7.95. The van der Waals surface area contributed by atoms with Crippen LogP contribution in [-0.2, 0) is 17.8 Å². The van der Waals surface area contributed by atoms with Gasteiger partial charge in [-0.1, -0.05) is 11.6 Å². The summed E-state index contributed by atoms with van der Waals surface area (Å²) in [5, 5.41) is 10.6. The van der Waals surface area contributed by atoms with Gasteiger partial charge in [0, 0.05) is 24.9 Å². The lowest BCUT2D eigenvalue weighted by molar-refractivity contribution is 0.128. The van der Waals surface area contributed by atoms with Crippen LogP contribution < -0.4 is 5.32 Å². The van der Waals surface area contributed by atoms with Crippen molar-refractivity contribution in [3.05, 3.63) is 34.5 Å². The van der Waals surface area contributed by atoms with E-state index in [1.807, 2.05) is 20.0 Å². The Morgan fingerprint density at radius 3 is 2.95 bits per heavy atom. The highest BCUT2D eigenvalue weighted by molar-refractivity contribution is 6.29. The summed E-state index contributed by atoms with van der Waals surface area (Å²) in [4.78, 5) is 8.50. The second-order valence-corrected chi connectivity index (χ2v) is 5.07. The molecule has 0 fully saturated rings. The molecule has 0 saturated heterocycles. The molecule has 0 unspecified atom stereocenters. The van der Waals surface area contributed by atoms with Crippen LogP contribution in [0.2, 0.25) is 5.15 Å². The highest BCUT2D eigenvalue weighted by Crippen LogP contribution is 2.13. The zero-order valence-corrected chi connectivity index (χ0v) is 13.1. The lowest BCUT2D eigenvalue weighted by Gasteiger charge is -2.08. The fourth-order valence-electron chi connectivity index (χ4n) is 1.94. The Labute approximate surface area is 129 Å². The van der Waals surface area contributed by atoms with Gasteiger partial charge in [-0.2, -0.15) is 5.10 Å². The summed E-state index contributed by atoms with van der Waals surface area (Å²) in [5.74, 6) is 1.33. The van der Waals surface area contributed by atoms with E-state index in [0.717, 1.165) is 30.9 Å². The molecule has 0 radical (unpaired) electrons. The molecule has 114 valence electrons. The van der Waals surface area contributed by atoms with Gasteiger partial charge in [0.2, 0.25) is 0 Å². The normalized spacial score (nSPS) is 10.8. The molecule has 0 saturated carbocycles. The van der Waals surface area contributed by atoms with E-state index in [-0.39, 0.29) is 0 Å². The molecule has 2 N–H and O–H groups in total. The topological polar surface area (TPSA) is 75.7 Å². The van der Waals surface area contributed by atoms with Crippen LogP contribution in [0.3, 0.4) is 0 Å². The predicted molar refractivity (Wildman–Crippen MR) is 82.5 cm³/mol. The molecule has 21 heavy (non-hydrogen) atoms. The number of ether oxygens (including phenoxy) is 1. The Bertz CT molecular complexity index is 572. The maximum Gasteiger partial charge on any atom is 0.158 e. The second-order valence-electron chi connectivity index (χ2n) is 4.68. The van der Waals surface area contributed by atoms with Crippen LogP contribution >= 0.6 is 11.6 Å². The number of aryl methyl sites for hydroxylation is 2. The van der Waals surface area contributed by atoms with Crippen LogP contribution in [0.5, 0.6) is 0 Å². The van der Waals surface area contributed by atoms with E-state index >= 15 is 0 Å². The number of aromatic nitrogens is 4. The van der Waals surface area contributed by atoms with E-state index in [1.165, 1.54) is 5.56 Å². The van der Waals surface area contributed by atoms with Crippen LogP contribution in [0.25, 0.3) is 0 Å². The number of hydrogen-bond acceptors (Lipinski definition) is 5. The van der Waals surface area contributed by atoms with Crippen molar-refractivity contribution in [2.75, 3.05) is 18.5 Å². The van der Waals surface area contributed by atoms with E-state index in [2.05, 4.69) is 25.5 Å². The van der Waals surface area contributed by atoms with Crippen LogP contribution in [0, 0.1) is 6.92 Å². The molecule has 0 bridgehead atoms. The molecule has 0 aliphatic rings. The van der Waals surface area contributed by atoms with Gasteiger partial charge in [0.15, 0.2) is 5.82 Å². The molecule has 0 aliphatic carbocycles. The van der Waals surface area contributed by atoms with Gasteiger partial charge in [0.25, 0.3) is 0 Å². The molecule has 2 aromatic heterocycles. The summed E-state index contributed by atoms with van der Waals surface area (Å²) in [6.07, 6.45) is 3.83. The van der Waals surface area contributed by atoms with Crippen molar-refractivity contribution in [2.24, 2.45) is 0 Å². The van der Waals surface area contributed by atoms with Crippen LogP contribution in [0.4, 0.5) is 5.82 Å². The fraction of sp³-hybridized carbons (Fsp3) is 0.500. The zero-order valence-electron chi connectivity index (χ0n) is 12.3. The van der Waals surface area contributed by atoms with Crippen molar-refractivity contribution in [1.82, 2.24) is 20.2 Å². The molecular weight excluding hydrogens is 290 g/mol. The summed E-state index contributed by atoms with van der Waals surface area (Å²) >= 11 is 5.98. The molecule has 0 spiro atoms. The first kappa shape index (κ1) is 15.7. The van der Waals surface area contributed by atoms with Crippen molar-refractivity contribution in [1.29, 1.82) is 0 Å². The van der Waals surface area contributed by atoms with E-state index in [4.69, 9.17) is 16.3 Å². The third-order valence-electron chi connectivity index (χ3n) is 3.04. The number of anilines is 1. The van der Waals surface area contributed by atoms with Gasteiger partial charge in [-0.25, -0.2) is 9.97 Å². The Balaban J connectivity index is 1.82. The smallest absolute Gasteiger partial charge is 0.158 e. The Morgan fingerprint density at radius 2 is 2.24 bits per heavy atom. The lowest BCUT2D eigenvalue weighted by Crippen LogP contribution is -2.08. The maximum absolute atomic E-state index is 5.98. The average molecular weight is 310 g/mol. The minimum atomic E-state index is 0.375. The molecule has 6 nitrogen and oxygen atoms in total. The minimum absolute atomic E-state index is 0.375. The lowest BCUT2D eigenvalue weighted by atomic mass is 10.1. The van der Waals surface area contributed by atoms with Gasteiger partial charge in [-0.05, 0) is 32.3 Å². The van der Waals surface area contributed by atoms with Crippen molar-refractivity contribution in [3.8, 4) is 0 Å². The molecule has 0 amide bonds. The predicted octanol–water partition coefficient (Wildman–Crippen LogP) is 2.74. The summed E-state index contributed by atoms with van der Waals surface area (Å²) < 4.78 is 5.30. The molecule has 0 atom stereocenters. The number of nitrogens with zero attached hydrogens (tertiary/aromatic N) is 3. The quantitative estimate of drug-likeness (QED) is 0.579. The number of rotatable bonds is 8. The van der Waals surface area contributed by atoms with Gasteiger partial charge < -0.3 is 10.1 Å². The first-order valence-electron chi connectivity index (χ1n) is 7.03. The highest BCUT2D eigenvalue weighted by Gasteiger charge is 2.04. The SMILES string of the molecule is CCOCc1nc(Cl)cc(NCCCc2cn[nH]c2C)n1. The van der Waals surface area contributed by atoms with Crippen LogP contribution in [-0.4, -0.2) is 33.3 Å².